The molecule has 2 aliphatic rings. The molecule has 5 N–H and O–H groups in total. The van der Waals surface area contributed by atoms with Gasteiger partial charge in [0.25, 0.3) is 0 Å². The van der Waals surface area contributed by atoms with Crippen molar-refractivity contribution in [2.45, 2.75) is 86.1 Å². The van der Waals surface area contributed by atoms with Crippen molar-refractivity contribution in [3.63, 3.8) is 0 Å². The number of rotatable bonds is 9. The fourth-order valence-corrected chi connectivity index (χ4v) is 5.24. The zero-order valence-corrected chi connectivity index (χ0v) is 19.2. The van der Waals surface area contributed by atoms with Crippen LogP contribution in [0.4, 0.5) is 4.39 Å². The average molecular weight is 473 g/mol. The lowest BCUT2D eigenvalue weighted by Crippen LogP contribution is -2.65. The van der Waals surface area contributed by atoms with Crippen molar-refractivity contribution in [2.75, 3.05) is 26.0 Å². The minimum Gasteiger partial charge on any atom is -0.395 e. The predicted molar refractivity (Wildman–Crippen MR) is 113 cm³/mol. The van der Waals surface area contributed by atoms with Gasteiger partial charge in [0.1, 0.15) is 35.5 Å². The molecule has 2 aliphatic heterocycles. The maximum Gasteiger partial charge on any atom is 0.237 e. The predicted octanol–water partition coefficient (Wildman–Crippen LogP) is -0.156. The Balaban J connectivity index is 2.18. The molecule has 9 atom stereocenters. The van der Waals surface area contributed by atoms with Gasteiger partial charge >= 0.3 is 0 Å². The highest BCUT2D eigenvalue weighted by molar-refractivity contribution is 7.99. The van der Waals surface area contributed by atoms with Crippen molar-refractivity contribution in [3.8, 4) is 0 Å². The third-order valence-electron chi connectivity index (χ3n) is 5.87. The van der Waals surface area contributed by atoms with Crippen molar-refractivity contribution >= 4 is 29.3 Å². The van der Waals surface area contributed by atoms with Crippen LogP contribution in [0.25, 0.3) is 0 Å². The van der Waals surface area contributed by atoms with Gasteiger partial charge < -0.3 is 30.5 Å². The van der Waals surface area contributed by atoms with Crippen LogP contribution >= 0.6 is 23.4 Å². The van der Waals surface area contributed by atoms with Crippen molar-refractivity contribution in [1.29, 1.82) is 0 Å². The van der Waals surface area contributed by atoms with Gasteiger partial charge in [0, 0.05) is 19.5 Å². The molecule has 0 spiro atoms. The summed E-state index contributed by atoms with van der Waals surface area (Å²) in [4.78, 5) is 14.7. The lowest BCUT2D eigenvalue weighted by Gasteiger charge is -2.44. The van der Waals surface area contributed by atoms with Crippen LogP contribution in [0, 0.1) is 0 Å². The van der Waals surface area contributed by atoms with E-state index in [0.29, 0.717) is 12.8 Å². The van der Waals surface area contributed by atoms with Crippen LogP contribution in [0.2, 0.25) is 0 Å². The first-order chi connectivity index (χ1) is 14.1. The zero-order valence-electron chi connectivity index (χ0n) is 17.6. The van der Waals surface area contributed by atoms with Gasteiger partial charge in [-0.3, -0.25) is 9.69 Å². The van der Waals surface area contributed by atoms with E-state index in [2.05, 4.69) is 5.32 Å². The van der Waals surface area contributed by atoms with Gasteiger partial charge in [-0.05, 0) is 19.6 Å². The molecule has 2 rings (SSSR count). The average Bonchev–Trinajstić information content (AvgIpc) is 3.01. The number of alkyl halides is 2. The lowest BCUT2D eigenvalue weighted by atomic mass is 9.92. The molecule has 2 saturated heterocycles. The Morgan fingerprint density at radius 2 is 2.03 bits per heavy atom. The number of nitrogens with zero attached hydrogens (tertiary/aromatic N) is 1. The van der Waals surface area contributed by atoms with Gasteiger partial charge in [-0.25, -0.2) is 4.39 Å². The number of likely N-dealkylation sites (tertiary alicyclic amines) is 1. The Morgan fingerprint density at radius 3 is 2.57 bits per heavy atom. The molecular formula is C19H34ClFN2O6S. The number of aliphatic hydroxyl groups is 4. The molecule has 2 heterocycles. The number of thioether (sulfide) groups is 1. The Kier molecular flexibility index (Phi) is 9.63. The number of nitrogens with one attached hydrogen (secondary N) is 1. The summed E-state index contributed by atoms with van der Waals surface area (Å²) in [5.41, 5.74) is -2.32. The molecule has 11 heteroatoms. The normalized spacial score (nSPS) is 39.6. The van der Waals surface area contributed by atoms with Crippen molar-refractivity contribution in [3.05, 3.63) is 0 Å². The van der Waals surface area contributed by atoms with Crippen molar-refractivity contribution in [1.82, 2.24) is 10.2 Å². The first-order valence-electron chi connectivity index (χ1n) is 10.3. The lowest BCUT2D eigenvalue weighted by molar-refractivity contribution is -0.205. The molecule has 0 aliphatic carbocycles. The molecule has 0 saturated carbocycles. The van der Waals surface area contributed by atoms with E-state index in [1.807, 2.05) is 6.92 Å². The summed E-state index contributed by atoms with van der Waals surface area (Å²) >= 11 is 7.45. The Labute approximate surface area is 186 Å². The fourth-order valence-electron chi connectivity index (χ4n) is 4.35. The van der Waals surface area contributed by atoms with Gasteiger partial charge in [0.15, 0.2) is 0 Å². The second-order valence-electron chi connectivity index (χ2n) is 8.20. The number of hydrogen-bond donors (Lipinski definition) is 5. The van der Waals surface area contributed by atoms with Gasteiger partial charge in [-0.15, -0.1) is 23.4 Å². The molecule has 2 fully saturated rings. The molecule has 0 aromatic heterocycles. The number of aliphatic hydroxyl groups excluding tert-OH is 4. The number of carbonyl (C=O) groups is 1. The van der Waals surface area contributed by atoms with Crippen LogP contribution < -0.4 is 5.32 Å². The second kappa shape index (κ2) is 11.1. The van der Waals surface area contributed by atoms with E-state index in [-0.39, 0.29) is 26.1 Å². The summed E-state index contributed by atoms with van der Waals surface area (Å²) in [5.74, 6) is -0.478. The summed E-state index contributed by atoms with van der Waals surface area (Å²) in [6, 6.07) is -1.68. The van der Waals surface area contributed by atoms with E-state index >= 15 is 4.39 Å². The van der Waals surface area contributed by atoms with Gasteiger partial charge in [0.05, 0.1) is 24.1 Å². The fraction of sp³-hybridized carbons (Fsp3) is 0.947. The molecule has 30 heavy (non-hydrogen) atoms. The highest BCUT2D eigenvalue weighted by atomic mass is 35.5. The topological polar surface area (TPSA) is 122 Å². The van der Waals surface area contributed by atoms with Gasteiger partial charge in [-0.2, -0.15) is 0 Å². The van der Waals surface area contributed by atoms with Crippen molar-refractivity contribution < 1.29 is 34.3 Å². The highest BCUT2D eigenvalue weighted by Gasteiger charge is 2.50. The number of carbonyl (C=O) groups excluding carboxylic acids is 1. The zero-order chi connectivity index (χ0) is 22.6. The highest BCUT2D eigenvalue weighted by Crippen LogP contribution is 2.35. The van der Waals surface area contributed by atoms with Crippen LogP contribution in [-0.4, -0.2) is 110 Å². The van der Waals surface area contributed by atoms with E-state index < -0.39 is 58.9 Å². The molecule has 176 valence electrons. The van der Waals surface area contributed by atoms with Crippen LogP contribution in [0.1, 0.15) is 33.1 Å². The van der Waals surface area contributed by atoms with Crippen molar-refractivity contribution in [2.24, 2.45) is 0 Å². The number of ether oxygens (including phenoxy) is 1. The van der Waals surface area contributed by atoms with Gasteiger partial charge in [0.2, 0.25) is 5.91 Å². The van der Waals surface area contributed by atoms with E-state index in [9.17, 15) is 25.2 Å². The van der Waals surface area contributed by atoms with E-state index in [0.717, 1.165) is 11.8 Å². The number of β-amino-alcohol motifs (C(OH)–C–C–N with tert-alkyl or cyclic N) is 1. The maximum atomic E-state index is 15.1. The Bertz CT molecular complexity index is 577. The first-order valence-corrected chi connectivity index (χ1v) is 12.0. The Morgan fingerprint density at radius 1 is 1.37 bits per heavy atom. The quantitative estimate of drug-likeness (QED) is 0.293. The van der Waals surface area contributed by atoms with Crippen LogP contribution in [0.5, 0.6) is 0 Å². The van der Waals surface area contributed by atoms with E-state index in [4.69, 9.17) is 16.3 Å². The molecule has 0 bridgehead atoms. The smallest absolute Gasteiger partial charge is 0.237 e. The number of hydrogen-bond acceptors (Lipinski definition) is 8. The molecule has 0 radical (unpaired) electrons. The summed E-state index contributed by atoms with van der Waals surface area (Å²) in [6.45, 7) is 3.51. The molecule has 8 nitrogen and oxygen atoms in total. The Hall–Kier alpha value is -0.200. The summed E-state index contributed by atoms with van der Waals surface area (Å²) in [6.07, 6.45) is -2.63. The standard InChI is InChI=1S/C19H34ClFN2O6S/c1-4-5-19(21)8-11(23(9-19)6-7-24)17(28)22-12(10(2)20)16-14(26)13(25)15(27)18(29-16)30-3/h10-16,18,24-27H,4-9H2,1-3H3,(H,22,28)/t10?,11?,12?,13-,14+,15+,16+,18+,19?/m0/s1. The minimum absolute atomic E-state index is 0.00108. The molecular weight excluding hydrogens is 439 g/mol. The summed E-state index contributed by atoms with van der Waals surface area (Å²) < 4.78 is 20.9. The first kappa shape index (κ1) is 26.1. The van der Waals surface area contributed by atoms with Crippen LogP contribution in [0.3, 0.4) is 0 Å². The third kappa shape index (κ3) is 5.78. The minimum atomic E-state index is -1.51. The van der Waals surface area contributed by atoms with E-state index in [1.165, 1.54) is 0 Å². The molecule has 1 amide bonds. The molecule has 4 unspecified atom stereocenters. The molecule has 0 aromatic carbocycles. The largest absolute Gasteiger partial charge is 0.395 e. The van der Waals surface area contributed by atoms with Crippen LogP contribution in [-0.2, 0) is 9.53 Å². The monoisotopic (exact) mass is 472 g/mol. The number of halogens is 2. The third-order valence-corrected chi connectivity index (χ3v) is 7.00. The second-order valence-corrected chi connectivity index (χ2v) is 9.83. The summed E-state index contributed by atoms with van der Waals surface area (Å²) in [7, 11) is 0. The van der Waals surface area contributed by atoms with Gasteiger partial charge in [-0.1, -0.05) is 13.3 Å². The molecule has 0 aromatic rings. The maximum absolute atomic E-state index is 15.1. The van der Waals surface area contributed by atoms with Crippen LogP contribution in [0.15, 0.2) is 0 Å². The SMILES string of the molecule is CCCC1(F)CC(C(=O)NC(C(C)Cl)[C@H]2O[C@H](SC)[C@H](O)[C@@H](O)[C@H]2O)N(CCO)C1. The van der Waals surface area contributed by atoms with E-state index in [1.54, 1.807) is 18.1 Å². The summed E-state index contributed by atoms with van der Waals surface area (Å²) in [5, 5.41) is 42.1. The number of amides is 1.